The molecule has 0 heterocycles. The van der Waals surface area contributed by atoms with E-state index in [0.717, 1.165) is 5.56 Å². The lowest BCUT2D eigenvalue weighted by atomic mass is 10.1. The van der Waals surface area contributed by atoms with Gasteiger partial charge in [-0.25, -0.2) is 0 Å². The normalized spacial score (nSPS) is 11.0. The van der Waals surface area contributed by atoms with Crippen molar-refractivity contribution in [2.45, 2.75) is 6.92 Å². The molecule has 1 N–H and O–H groups in total. The third kappa shape index (κ3) is 3.79. The highest BCUT2D eigenvalue weighted by Gasteiger charge is 2.08. The predicted molar refractivity (Wildman–Crippen MR) is 79.5 cm³/mol. The van der Waals surface area contributed by atoms with Gasteiger partial charge in [-0.1, -0.05) is 48.5 Å². The molecule has 2 aromatic carbocycles. The molecule has 0 bridgehead atoms. The summed E-state index contributed by atoms with van der Waals surface area (Å²) in [5.41, 5.74) is 1.56. The number of carbonyl (C=O) groups is 2. The van der Waals surface area contributed by atoms with Crippen LogP contribution in [0.25, 0.3) is 6.08 Å². The molecule has 21 heavy (non-hydrogen) atoms. The number of hydrogen-bond acceptors (Lipinski definition) is 3. The number of anilines is 1. The smallest absolute Gasteiger partial charge is 0.251 e. The Bertz CT molecular complexity index is 690. The number of carbonyl (C=O) groups excluding carboxylic acids is 2. The van der Waals surface area contributed by atoms with Crippen LogP contribution in [-0.2, 0) is 4.79 Å². The van der Waals surface area contributed by atoms with Crippen molar-refractivity contribution in [3.8, 4) is 0 Å². The highest BCUT2D eigenvalue weighted by atomic mass is 16.4. The number of carboxylic acid groups (broad SMARTS) is 1. The van der Waals surface area contributed by atoms with E-state index in [0.29, 0.717) is 5.57 Å². The van der Waals surface area contributed by atoms with E-state index in [9.17, 15) is 14.7 Å². The van der Waals surface area contributed by atoms with Gasteiger partial charge in [-0.15, -0.1) is 0 Å². The second-order valence-corrected chi connectivity index (χ2v) is 4.53. The van der Waals surface area contributed by atoms with Gasteiger partial charge in [0.2, 0.25) is 0 Å². The SMILES string of the molecule is C/C(=C\c1ccccc1)C(=O)Nc1ccccc1C(=O)[O-]. The fraction of sp³-hybridized carbons (Fsp3) is 0.0588. The molecule has 0 fully saturated rings. The molecule has 0 atom stereocenters. The molecule has 4 nitrogen and oxygen atoms in total. The Labute approximate surface area is 122 Å². The van der Waals surface area contributed by atoms with Crippen molar-refractivity contribution >= 4 is 23.6 Å². The van der Waals surface area contributed by atoms with Crippen molar-refractivity contribution in [3.63, 3.8) is 0 Å². The van der Waals surface area contributed by atoms with Crippen LogP contribution < -0.4 is 10.4 Å². The van der Waals surface area contributed by atoms with E-state index < -0.39 is 5.97 Å². The van der Waals surface area contributed by atoms with Crippen LogP contribution in [0.4, 0.5) is 5.69 Å². The summed E-state index contributed by atoms with van der Waals surface area (Å²) >= 11 is 0. The highest BCUT2D eigenvalue weighted by molar-refractivity contribution is 6.08. The third-order valence-corrected chi connectivity index (χ3v) is 2.94. The lowest BCUT2D eigenvalue weighted by molar-refractivity contribution is -0.254. The summed E-state index contributed by atoms with van der Waals surface area (Å²) in [6.07, 6.45) is 1.73. The maximum atomic E-state index is 12.1. The molecule has 4 heteroatoms. The summed E-state index contributed by atoms with van der Waals surface area (Å²) in [5.74, 6) is -1.68. The standard InChI is InChI=1S/C17H15NO3/c1-12(11-13-7-3-2-4-8-13)16(19)18-15-10-6-5-9-14(15)17(20)21/h2-11H,1H3,(H,18,19)(H,20,21)/p-1/b12-11+. The van der Waals surface area contributed by atoms with Gasteiger partial charge in [0.15, 0.2) is 0 Å². The Morgan fingerprint density at radius 2 is 1.62 bits per heavy atom. The molecule has 2 aromatic rings. The lowest BCUT2D eigenvalue weighted by Crippen LogP contribution is -2.25. The van der Waals surface area contributed by atoms with Gasteiger partial charge in [-0.3, -0.25) is 4.79 Å². The predicted octanol–water partition coefficient (Wildman–Crippen LogP) is 2.09. The average molecular weight is 280 g/mol. The molecule has 0 aliphatic carbocycles. The van der Waals surface area contributed by atoms with Crippen LogP contribution in [0.1, 0.15) is 22.8 Å². The Hall–Kier alpha value is -2.88. The zero-order valence-electron chi connectivity index (χ0n) is 11.5. The van der Waals surface area contributed by atoms with E-state index in [1.165, 1.54) is 12.1 Å². The van der Waals surface area contributed by atoms with E-state index in [1.54, 1.807) is 25.1 Å². The van der Waals surface area contributed by atoms with Crippen molar-refractivity contribution in [1.29, 1.82) is 0 Å². The molecule has 1 amide bonds. The number of amides is 1. The molecule has 0 aliphatic rings. The van der Waals surface area contributed by atoms with Crippen LogP contribution in [0.2, 0.25) is 0 Å². The number of hydrogen-bond donors (Lipinski definition) is 1. The van der Waals surface area contributed by atoms with Crippen LogP contribution >= 0.6 is 0 Å². The monoisotopic (exact) mass is 280 g/mol. The molecule has 0 aliphatic heterocycles. The van der Waals surface area contributed by atoms with Gasteiger partial charge in [0.1, 0.15) is 0 Å². The minimum Gasteiger partial charge on any atom is -0.545 e. The summed E-state index contributed by atoms with van der Waals surface area (Å²) in [7, 11) is 0. The van der Waals surface area contributed by atoms with E-state index in [-0.39, 0.29) is 17.2 Å². The number of para-hydroxylation sites is 1. The number of carboxylic acids is 1. The zero-order chi connectivity index (χ0) is 15.2. The summed E-state index contributed by atoms with van der Waals surface area (Å²) in [4.78, 5) is 23.1. The van der Waals surface area contributed by atoms with Crippen LogP contribution in [0.5, 0.6) is 0 Å². The van der Waals surface area contributed by atoms with Gasteiger partial charge < -0.3 is 15.2 Å². The fourth-order valence-electron chi connectivity index (χ4n) is 1.86. The maximum absolute atomic E-state index is 12.1. The number of benzene rings is 2. The lowest BCUT2D eigenvalue weighted by Gasteiger charge is -2.11. The van der Waals surface area contributed by atoms with Crippen molar-refractivity contribution in [2.75, 3.05) is 5.32 Å². The first-order valence-corrected chi connectivity index (χ1v) is 6.43. The van der Waals surface area contributed by atoms with Gasteiger partial charge in [0.25, 0.3) is 5.91 Å². The number of aromatic carboxylic acids is 1. The van der Waals surface area contributed by atoms with E-state index in [1.807, 2.05) is 30.3 Å². The molecular weight excluding hydrogens is 266 g/mol. The topological polar surface area (TPSA) is 69.2 Å². The number of nitrogens with one attached hydrogen (secondary N) is 1. The fourth-order valence-corrected chi connectivity index (χ4v) is 1.86. The Morgan fingerprint density at radius 3 is 2.29 bits per heavy atom. The van der Waals surface area contributed by atoms with Crippen LogP contribution in [0, 0.1) is 0 Å². The molecule has 2 rings (SSSR count). The Balaban J connectivity index is 2.19. The van der Waals surface area contributed by atoms with Gasteiger partial charge in [0, 0.05) is 11.1 Å². The third-order valence-electron chi connectivity index (χ3n) is 2.94. The molecule has 0 unspecified atom stereocenters. The van der Waals surface area contributed by atoms with E-state index in [2.05, 4.69) is 5.32 Å². The Kier molecular flexibility index (Phi) is 4.51. The molecule has 0 saturated heterocycles. The first-order chi connectivity index (χ1) is 10.1. The molecule has 0 spiro atoms. The second-order valence-electron chi connectivity index (χ2n) is 4.53. The zero-order valence-corrected chi connectivity index (χ0v) is 11.5. The second kappa shape index (κ2) is 6.52. The van der Waals surface area contributed by atoms with Gasteiger partial charge in [-0.2, -0.15) is 0 Å². The van der Waals surface area contributed by atoms with Crippen LogP contribution in [-0.4, -0.2) is 11.9 Å². The van der Waals surface area contributed by atoms with Crippen molar-refractivity contribution in [3.05, 3.63) is 71.3 Å². The van der Waals surface area contributed by atoms with Crippen LogP contribution in [0.3, 0.4) is 0 Å². The maximum Gasteiger partial charge on any atom is 0.251 e. The largest absolute Gasteiger partial charge is 0.545 e. The first-order valence-electron chi connectivity index (χ1n) is 6.43. The van der Waals surface area contributed by atoms with Gasteiger partial charge >= 0.3 is 0 Å². The summed E-state index contributed by atoms with van der Waals surface area (Å²) in [6.45, 7) is 1.67. The van der Waals surface area contributed by atoms with Gasteiger partial charge in [-0.05, 0) is 24.6 Å². The summed E-state index contributed by atoms with van der Waals surface area (Å²) < 4.78 is 0. The summed E-state index contributed by atoms with van der Waals surface area (Å²) in [5, 5.41) is 13.6. The molecule has 0 radical (unpaired) electrons. The first kappa shape index (κ1) is 14.5. The quantitative estimate of drug-likeness (QED) is 0.872. The van der Waals surface area contributed by atoms with Crippen molar-refractivity contribution in [2.24, 2.45) is 0 Å². The molecule has 0 aromatic heterocycles. The summed E-state index contributed by atoms with van der Waals surface area (Å²) in [6, 6.07) is 15.6. The molecule has 106 valence electrons. The van der Waals surface area contributed by atoms with Crippen molar-refractivity contribution < 1.29 is 14.7 Å². The van der Waals surface area contributed by atoms with Crippen molar-refractivity contribution in [1.82, 2.24) is 0 Å². The minimum absolute atomic E-state index is 0.0432. The molecular formula is C17H14NO3-. The Morgan fingerprint density at radius 1 is 1.00 bits per heavy atom. The van der Waals surface area contributed by atoms with Gasteiger partial charge in [0.05, 0.1) is 11.7 Å². The average Bonchev–Trinajstić information content (AvgIpc) is 2.48. The van der Waals surface area contributed by atoms with E-state index >= 15 is 0 Å². The van der Waals surface area contributed by atoms with E-state index in [4.69, 9.17) is 0 Å². The molecule has 0 saturated carbocycles. The highest BCUT2D eigenvalue weighted by Crippen LogP contribution is 2.16. The van der Waals surface area contributed by atoms with Crippen LogP contribution in [0.15, 0.2) is 60.2 Å². The minimum atomic E-state index is -1.32. The number of rotatable bonds is 4.